The molecule has 5 heteroatoms. The Morgan fingerprint density at radius 1 is 1.38 bits per heavy atom. The van der Waals surface area contributed by atoms with Gasteiger partial charge < -0.3 is 5.11 Å². The van der Waals surface area contributed by atoms with Crippen LogP contribution in [0.2, 0.25) is 0 Å². The Labute approximate surface area is 91.1 Å². The van der Waals surface area contributed by atoms with E-state index in [1.54, 1.807) is 0 Å². The van der Waals surface area contributed by atoms with Gasteiger partial charge in [-0.2, -0.15) is 0 Å². The van der Waals surface area contributed by atoms with Gasteiger partial charge in [0.1, 0.15) is 17.7 Å². The maximum atomic E-state index is 13.4. The van der Waals surface area contributed by atoms with E-state index in [1.807, 2.05) is 0 Å². The maximum Gasteiger partial charge on any atom is 0.320 e. The van der Waals surface area contributed by atoms with Crippen LogP contribution in [-0.4, -0.2) is 17.1 Å². The Morgan fingerprint density at radius 3 is 2.69 bits per heavy atom. The second-order valence-electron chi connectivity index (χ2n) is 3.85. The van der Waals surface area contributed by atoms with Gasteiger partial charge in [-0.05, 0) is 18.9 Å². The van der Waals surface area contributed by atoms with Crippen LogP contribution in [0.25, 0.3) is 0 Å². The second-order valence-corrected chi connectivity index (χ2v) is 3.85. The monoisotopic (exact) mass is 227 g/mol. The van der Waals surface area contributed by atoms with Crippen LogP contribution in [0.5, 0.6) is 0 Å². The van der Waals surface area contributed by atoms with E-state index >= 15 is 0 Å². The molecule has 3 nitrogen and oxygen atoms in total. The fourth-order valence-electron chi connectivity index (χ4n) is 1.97. The van der Waals surface area contributed by atoms with Crippen molar-refractivity contribution in [1.29, 1.82) is 0 Å². The Hall–Kier alpha value is -1.49. The highest BCUT2D eigenvalue weighted by molar-refractivity contribution is 5.73. The summed E-state index contributed by atoms with van der Waals surface area (Å²) in [7, 11) is 0. The molecule has 0 bridgehead atoms. The lowest BCUT2D eigenvalue weighted by Crippen LogP contribution is -2.32. The molecule has 1 heterocycles. The summed E-state index contributed by atoms with van der Waals surface area (Å²) in [5.74, 6) is -2.21. The number of benzene rings is 1. The second kappa shape index (κ2) is 4.17. The summed E-state index contributed by atoms with van der Waals surface area (Å²) >= 11 is 0. The normalized spacial score (nSPS) is 24.6. The number of aliphatic carboxylic acids is 1. The molecular weight excluding hydrogens is 216 g/mol. The van der Waals surface area contributed by atoms with Gasteiger partial charge in [-0.25, -0.2) is 8.78 Å². The molecular formula is C11H11F2NO2. The average Bonchev–Trinajstić information content (AvgIpc) is 2.66. The van der Waals surface area contributed by atoms with Gasteiger partial charge in [-0.15, -0.1) is 0 Å². The van der Waals surface area contributed by atoms with Crippen LogP contribution in [0.4, 0.5) is 8.78 Å². The van der Waals surface area contributed by atoms with Gasteiger partial charge in [0.15, 0.2) is 0 Å². The average molecular weight is 227 g/mol. The number of rotatable bonds is 2. The first-order valence-corrected chi connectivity index (χ1v) is 5.01. The molecule has 1 fully saturated rings. The van der Waals surface area contributed by atoms with Gasteiger partial charge >= 0.3 is 5.97 Å². The molecule has 1 aliphatic rings. The molecule has 2 N–H and O–H groups in total. The number of hydrogen-bond donors (Lipinski definition) is 2. The Morgan fingerprint density at radius 2 is 2.12 bits per heavy atom. The Balaban J connectivity index is 2.17. The summed E-state index contributed by atoms with van der Waals surface area (Å²) in [6.07, 6.45) is 0.996. The predicted molar refractivity (Wildman–Crippen MR) is 52.9 cm³/mol. The summed E-state index contributed by atoms with van der Waals surface area (Å²) in [4.78, 5) is 10.7. The van der Waals surface area contributed by atoms with Crippen LogP contribution < -0.4 is 5.32 Å². The molecule has 2 atom stereocenters. The number of halogens is 2. The van der Waals surface area contributed by atoms with Crippen LogP contribution in [-0.2, 0) is 4.79 Å². The van der Waals surface area contributed by atoms with Gasteiger partial charge in [0.05, 0.1) is 0 Å². The van der Waals surface area contributed by atoms with Crippen molar-refractivity contribution in [2.45, 2.75) is 24.9 Å². The van der Waals surface area contributed by atoms with Gasteiger partial charge in [0, 0.05) is 17.7 Å². The third-order valence-electron chi connectivity index (χ3n) is 2.78. The molecule has 0 saturated carbocycles. The van der Waals surface area contributed by atoms with Gasteiger partial charge in [-0.3, -0.25) is 10.1 Å². The SMILES string of the molecule is O=C(O)C1CCC(c2ccc(F)cc2F)N1. The van der Waals surface area contributed by atoms with E-state index in [0.29, 0.717) is 18.4 Å². The van der Waals surface area contributed by atoms with Crippen molar-refractivity contribution in [3.05, 3.63) is 35.4 Å². The summed E-state index contributed by atoms with van der Waals surface area (Å²) in [6, 6.07) is 2.35. The van der Waals surface area contributed by atoms with E-state index in [0.717, 1.165) is 6.07 Å². The van der Waals surface area contributed by atoms with Gasteiger partial charge in [-0.1, -0.05) is 6.07 Å². The van der Waals surface area contributed by atoms with E-state index in [1.165, 1.54) is 12.1 Å². The topological polar surface area (TPSA) is 49.3 Å². The van der Waals surface area contributed by atoms with E-state index < -0.39 is 23.6 Å². The molecule has 0 amide bonds. The van der Waals surface area contributed by atoms with Crippen molar-refractivity contribution in [2.24, 2.45) is 0 Å². The summed E-state index contributed by atoms with van der Waals surface area (Å²) < 4.78 is 26.1. The largest absolute Gasteiger partial charge is 0.480 e. The number of carboxylic acid groups (broad SMARTS) is 1. The summed E-state index contributed by atoms with van der Waals surface area (Å²) in [5.41, 5.74) is 0.324. The van der Waals surface area contributed by atoms with Crippen molar-refractivity contribution in [3.63, 3.8) is 0 Å². The van der Waals surface area contributed by atoms with Crippen LogP contribution in [0.3, 0.4) is 0 Å². The van der Waals surface area contributed by atoms with Crippen LogP contribution >= 0.6 is 0 Å². The van der Waals surface area contributed by atoms with Crippen molar-refractivity contribution >= 4 is 5.97 Å². The van der Waals surface area contributed by atoms with Gasteiger partial charge in [0.25, 0.3) is 0 Å². The zero-order chi connectivity index (χ0) is 11.7. The number of carbonyl (C=O) groups is 1. The molecule has 1 aliphatic heterocycles. The first-order chi connectivity index (χ1) is 7.58. The lowest BCUT2D eigenvalue weighted by molar-refractivity contribution is -0.139. The molecule has 1 aromatic rings. The maximum absolute atomic E-state index is 13.4. The van der Waals surface area contributed by atoms with E-state index in [9.17, 15) is 13.6 Å². The third-order valence-corrected chi connectivity index (χ3v) is 2.78. The quantitative estimate of drug-likeness (QED) is 0.810. The van der Waals surface area contributed by atoms with E-state index in [4.69, 9.17) is 5.11 Å². The third kappa shape index (κ3) is 2.04. The van der Waals surface area contributed by atoms with Crippen molar-refractivity contribution in [3.8, 4) is 0 Å². The zero-order valence-corrected chi connectivity index (χ0v) is 8.41. The van der Waals surface area contributed by atoms with E-state index in [2.05, 4.69) is 5.32 Å². The fourth-order valence-corrected chi connectivity index (χ4v) is 1.97. The lowest BCUT2D eigenvalue weighted by Gasteiger charge is -2.13. The van der Waals surface area contributed by atoms with Gasteiger partial charge in [0.2, 0.25) is 0 Å². The van der Waals surface area contributed by atoms with Crippen LogP contribution in [0, 0.1) is 11.6 Å². The number of carboxylic acids is 1. The smallest absolute Gasteiger partial charge is 0.320 e. The molecule has 0 radical (unpaired) electrons. The Kier molecular flexibility index (Phi) is 2.87. The minimum Gasteiger partial charge on any atom is -0.480 e. The number of nitrogens with one attached hydrogen (secondary N) is 1. The van der Waals surface area contributed by atoms with Crippen LogP contribution in [0.1, 0.15) is 24.4 Å². The number of hydrogen-bond acceptors (Lipinski definition) is 2. The fraction of sp³-hybridized carbons (Fsp3) is 0.364. The zero-order valence-electron chi connectivity index (χ0n) is 8.41. The molecule has 1 aromatic carbocycles. The molecule has 16 heavy (non-hydrogen) atoms. The minimum absolute atomic E-state index is 0.324. The lowest BCUT2D eigenvalue weighted by atomic mass is 10.0. The first-order valence-electron chi connectivity index (χ1n) is 5.01. The van der Waals surface area contributed by atoms with Crippen molar-refractivity contribution in [1.82, 2.24) is 5.32 Å². The molecule has 0 aromatic heterocycles. The highest BCUT2D eigenvalue weighted by Crippen LogP contribution is 2.28. The summed E-state index contributed by atoms with van der Waals surface area (Å²) in [6.45, 7) is 0. The molecule has 1 saturated heterocycles. The first kappa shape index (κ1) is 11.0. The molecule has 2 unspecified atom stereocenters. The molecule has 2 rings (SSSR count). The van der Waals surface area contributed by atoms with Crippen LogP contribution in [0.15, 0.2) is 18.2 Å². The molecule has 0 aliphatic carbocycles. The molecule has 86 valence electrons. The summed E-state index contributed by atoms with van der Waals surface area (Å²) in [5, 5.41) is 11.6. The van der Waals surface area contributed by atoms with E-state index in [-0.39, 0.29) is 6.04 Å². The Bertz CT molecular complexity index is 422. The highest BCUT2D eigenvalue weighted by Gasteiger charge is 2.30. The van der Waals surface area contributed by atoms with Crippen molar-refractivity contribution < 1.29 is 18.7 Å². The predicted octanol–water partition coefficient (Wildman–Crippen LogP) is 1.84. The highest BCUT2D eigenvalue weighted by atomic mass is 19.1. The standard InChI is InChI=1S/C11H11F2NO2/c12-6-1-2-7(8(13)5-6)9-3-4-10(14-9)11(15)16/h1-2,5,9-10,14H,3-4H2,(H,15,16). The molecule has 0 spiro atoms. The van der Waals surface area contributed by atoms with Crippen molar-refractivity contribution in [2.75, 3.05) is 0 Å². The minimum atomic E-state index is -0.940.